The maximum absolute atomic E-state index is 13.2. The standard InChI is InChI=1S/C24H24N4O7.C2H6O/c1-14-19(23(30)34-3)21(17-8-4-5-9-18(17)28(32)33)20(15(2)27-14)24(31)35-12-11-26-22(29)16-7-6-10-25-13-16;1-2-3/h4-10,13,21,27H,11-12H2,1-3H3,(H,26,29);3H,2H2,1H3. The van der Waals surface area contributed by atoms with Crippen molar-refractivity contribution >= 4 is 23.5 Å². The highest BCUT2D eigenvalue weighted by Crippen LogP contribution is 2.42. The molecule has 1 aliphatic rings. The van der Waals surface area contributed by atoms with E-state index in [9.17, 15) is 24.5 Å². The molecule has 202 valence electrons. The summed E-state index contributed by atoms with van der Waals surface area (Å²) in [4.78, 5) is 53.0. The smallest absolute Gasteiger partial charge is 0.336 e. The number of nitro benzene ring substituents is 1. The topological polar surface area (TPSA) is 170 Å². The van der Waals surface area contributed by atoms with Crippen molar-refractivity contribution in [2.24, 2.45) is 0 Å². The number of hydrogen-bond donors (Lipinski definition) is 3. The highest BCUT2D eigenvalue weighted by molar-refractivity contribution is 6.00. The van der Waals surface area contributed by atoms with Gasteiger partial charge >= 0.3 is 11.9 Å². The van der Waals surface area contributed by atoms with E-state index in [1.165, 1.54) is 31.5 Å². The molecule has 38 heavy (non-hydrogen) atoms. The number of rotatable bonds is 8. The minimum atomic E-state index is -1.09. The van der Waals surface area contributed by atoms with E-state index in [1.807, 2.05) is 0 Å². The quantitative estimate of drug-likeness (QED) is 0.201. The first-order chi connectivity index (χ1) is 18.2. The number of aliphatic hydroxyl groups is 1. The summed E-state index contributed by atoms with van der Waals surface area (Å²) >= 11 is 0. The first kappa shape index (κ1) is 29.6. The maximum Gasteiger partial charge on any atom is 0.336 e. The molecule has 3 N–H and O–H groups in total. The first-order valence-corrected chi connectivity index (χ1v) is 11.6. The molecule has 12 heteroatoms. The number of benzene rings is 1. The number of aliphatic hydroxyl groups excluding tert-OH is 1. The number of carbonyl (C=O) groups excluding carboxylic acids is 3. The van der Waals surface area contributed by atoms with E-state index in [-0.39, 0.29) is 48.1 Å². The van der Waals surface area contributed by atoms with Crippen LogP contribution in [0.2, 0.25) is 0 Å². The molecule has 0 saturated heterocycles. The van der Waals surface area contributed by atoms with E-state index in [2.05, 4.69) is 15.6 Å². The summed E-state index contributed by atoms with van der Waals surface area (Å²) in [6.07, 6.45) is 2.95. The average Bonchev–Trinajstić information content (AvgIpc) is 2.91. The second-order valence-corrected chi connectivity index (χ2v) is 7.89. The molecule has 3 rings (SSSR count). The normalized spacial score (nSPS) is 14.5. The molecule has 1 unspecified atom stereocenters. The molecule has 1 amide bonds. The molecular weight excluding hydrogens is 496 g/mol. The Hall–Kier alpha value is -4.58. The summed E-state index contributed by atoms with van der Waals surface area (Å²) in [7, 11) is 1.19. The van der Waals surface area contributed by atoms with Crippen LogP contribution in [0.3, 0.4) is 0 Å². The predicted octanol–water partition coefficient (Wildman–Crippen LogP) is 2.37. The van der Waals surface area contributed by atoms with Gasteiger partial charge in [0.05, 0.1) is 41.2 Å². The Morgan fingerprint density at radius 3 is 2.32 bits per heavy atom. The number of aromatic nitrogens is 1. The van der Waals surface area contributed by atoms with Gasteiger partial charge in [0, 0.05) is 42.0 Å². The zero-order chi connectivity index (χ0) is 28.2. The van der Waals surface area contributed by atoms with Crippen LogP contribution in [0, 0.1) is 10.1 Å². The summed E-state index contributed by atoms with van der Waals surface area (Å²) < 4.78 is 10.3. The van der Waals surface area contributed by atoms with Crippen LogP contribution in [-0.4, -0.2) is 59.7 Å². The molecule has 0 spiro atoms. The third kappa shape index (κ3) is 7.23. The number of nitrogens with one attached hydrogen (secondary N) is 2. The number of carbonyl (C=O) groups is 3. The predicted molar refractivity (Wildman–Crippen MR) is 137 cm³/mol. The van der Waals surface area contributed by atoms with E-state index < -0.39 is 22.8 Å². The lowest BCUT2D eigenvalue weighted by molar-refractivity contribution is -0.385. The number of nitrogens with zero attached hydrogens (tertiary/aromatic N) is 2. The van der Waals surface area contributed by atoms with Gasteiger partial charge in [-0.25, -0.2) is 9.59 Å². The summed E-state index contributed by atoms with van der Waals surface area (Å²) in [6.45, 7) is 5.02. The molecule has 0 radical (unpaired) electrons. The molecule has 12 nitrogen and oxygen atoms in total. The van der Waals surface area contributed by atoms with Crippen molar-refractivity contribution in [2.45, 2.75) is 26.7 Å². The number of allylic oxidation sites excluding steroid dienone is 2. The van der Waals surface area contributed by atoms with Crippen molar-refractivity contribution in [1.82, 2.24) is 15.6 Å². The van der Waals surface area contributed by atoms with Crippen molar-refractivity contribution in [2.75, 3.05) is 26.9 Å². The van der Waals surface area contributed by atoms with Crippen molar-refractivity contribution in [1.29, 1.82) is 0 Å². The molecule has 0 saturated carbocycles. The Morgan fingerprint density at radius 2 is 1.74 bits per heavy atom. The van der Waals surface area contributed by atoms with Crippen LogP contribution < -0.4 is 10.6 Å². The Morgan fingerprint density at radius 1 is 1.11 bits per heavy atom. The molecule has 1 atom stereocenters. The summed E-state index contributed by atoms with van der Waals surface area (Å²) in [6, 6.07) is 9.08. The number of hydrogen-bond acceptors (Lipinski definition) is 10. The zero-order valence-electron chi connectivity index (χ0n) is 21.5. The second-order valence-electron chi connectivity index (χ2n) is 7.89. The molecule has 2 heterocycles. The number of methoxy groups -OCH3 is 1. The second kappa shape index (κ2) is 14.2. The van der Waals surface area contributed by atoms with Crippen LogP contribution in [-0.2, 0) is 19.1 Å². The van der Waals surface area contributed by atoms with Gasteiger partial charge in [0.15, 0.2) is 0 Å². The highest BCUT2D eigenvalue weighted by atomic mass is 16.6. The Labute approximate surface area is 219 Å². The zero-order valence-corrected chi connectivity index (χ0v) is 21.5. The van der Waals surface area contributed by atoms with Gasteiger partial charge in [-0.15, -0.1) is 0 Å². The van der Waals surface area contributed by atoms with Crippen LogP contribution in [0.15, 0.2) is 71.3 Å². The van der Waals surface area contributed by atoms with Gasteiger partial charge < -0.3 is 25.2 Å². The van der Waals surface area contributed by atoms with Crippen molar-refractivity contribution in [3.8, 4) is 0 Å². The number of dihydropyridines is 1. The average molecular weight is 527 g/mol. The monoisotopic (exact) mass is 526 g/mol. The molecule has 0 bridgehead atoms. The Balaban J connectivity index is 0.00000161. The van der Waals surface area contributed by atoms with Crippen molar-refractivity contribution < 1.29 is 33.9 Å². The number of para-hydroxylation sites is 1. The lowest BCUT2D eigenvalue weighted by Crippen LogP contribution is -2.33. The maximum atomic E-state index is 13.2. The molecule has 1 aliphatic heterocycles. The van der Waals surface area contributed by atoms with Crippen molar-refractivity contribution in [3.05, 3.63) is 92.6 Å². The van der Waals surface area contributed by atoms with E-state index in [0.717, 1.165) is 0 Å². The van der Waals surface area contributed by atoms with Crippen LogP contribution in [0.1, 0.15) is 42.6 Å². The van der Waals surface area contributed by atoms with Crippen LogP contribution in [0.4, 0.5) is 5.69 Å². The minimum absolute atomic E-state index is 0.0219. The SMILES string of the molecule is CCO.COC(=O)C1=C(C)NC(C)=C(C(=O)OCCNC(=O)c2cccnc2)C1c1ccccc1[N+](=O)[O-]. The minimum Gasteiger partial charge on any atom is -0.466 e. The van der Waals surface area contributed by atoms with Gasteiger partial charge in [-0.05, 0) is 32.9 Å². The summed E-state index contributed by atoms with van der Waals surface area (Å²) in [5, 5.41) is 24.9. The lowest BCUT2D eigenvalue weighted by Gasteiger charge is -2.30. The van der Waals surface area contributed by atoms with Gasteiger partial charge in [-0.1, -0.05) is 18.2 Å². The number of pyridine rings is 1. The fraction of sp³-hybridized carbons (Fsp3) is 0.308. The van der Waals surface area contributed by atoms with Gasteiger partial charge in [0.25, 0.3) is 11.6 Å². The highest BCUT2D eigenvalue weighted by Gasteiger charge is 2.40. The van der Waals surface area contributed by atoms with Crippen molar-refractivity contribution in [3.63, 3.8) is 0 Å². The third-order valence-corrected chi connectivity index (χ3v) is 5.37. The van der Waals surface area contributed by atoms with Gasteiger partial charge in [-0.3, -0.25) is 19.9 Å². The first-order valence-electron chi connectivity index (χ1n) is 11.6. The third-order valence-electron chi connectivity index (χ3n) is 5.37. The molecule has 0 fully saturated rings. The Kier molecular flexibility index (Phi) is 11.1. The van der Waals surface area contributed by atoms with E-state index in [0.29, 0.717) is 17.0 Å². The molecule has 2 aromatic rings. The number of esters is 2. The fourth-order valence-electron chi connectivity index (χ4n) is 3.84. The Bertz CT molecular complexity index is 1240. The molecule has 0 aliphatic carbocycles. The lowest BCUT2D eigenvalue weighted by atomic mass is 9.79. The summed E-state index contributed by atoms with van der Waals surface area (Å²) in [5.41, 5.74) is 1.12. The van der Waals surface area contributed by atoms with E-state index in [4.69, 9.17) is 14.6 Å². The summed E-state index contributed by atoms with van der Waals surface area (Å²) in [5.74, 6) is -3.00. The number of amides is 1. The van der Waals surface area contributed by atoms with Crippen LogP contribution in [0.5, 0.6) is 0 Å². The van der Waals surface area contributed by atoms with E-state index >= 15 is 0 Å². The largest absolute Gasteiger partial charge is 0.466 e. The van der Waals surface area contributed by atoms with Gasteiger partial charge in [-0.2, -0.15) is 0 Å². The van der Waals surface area contributed by atoms with Gasteiger partial charge in [0.2, 0.25) is 0 Å². The molecule has 1 aromatic heterocycles. The van der Waals surface area contributed by atoms with E-state index in [1.54, 1.807) is 45.2 Å². The number of nitro groups is 1. The van der Waals surface area contributed by atoms with Gasteiger partial charge in [0.1, 0.15) is 6.61 Å². The molecular formula is C26H30N4O8. The van der Waals surface area contributed by atoms with Crippen LogP contribution >= 0.6 is 0 Å². The van der Waals surface area contributed by atoms with Crippen LogP contribution in [0.25, 0.3) is 0 Å². The number of ether oxygens (including phenoxy) is 2. The fourth-order valence-corrected chi connectivity index (χ4v) is 3.84. The molecule has 1 aromatic carbocycles.